The van der Waals surface area contributed by atoms with Crippen LogP contribution in [0.1, 0.15) is 51.4 Å². The van der Waals surface area contributed by atoms with Gasteiger partial charge in [0.05, 0.1) is 5.56 Å². The zero-order chi connectivity index (χ0) is 19.9. The maximum absolute atomic E-state index is 12.6. The molecule has 1 heterocycles. The summed E-state index contributed by atoms with van der Waals surface area (Å²) in [5.41, 5.74) is -0.0653. The molecule has 2 amide bonds. The SMILES string of the molecule is CC(C)C[C@@H](CNC(=O)c1cccnc1N(C)C)NC(=O)OC(C)(C)C. The van der Waals surface area contributed by atoms with E-state index in [-0.39, 0.29) is 11.9 Å². The molecule has 0 aliphatic heterocycles. The maximum atomic E-state index is 12.6. The summed E-state index contributed by atoms with van der Waals surface area (Å²) in [7, 11) is 3.68. The molecule has 26 heavy (non-hydrogen) atoms. The first kappa shape index (κ1) is 21.7. The normalized spacial score (nSPS) is 12.5. The number of ether oxygens (including phenoxy) is 1. The molecular weight excluding hydrogens is 332 g/mol. The van der Waals surface area contributed by atoms with E-state index in [1.165, 1.54) is 0 Å². The first-order chi connectivity index (χ1) is 12.0. The van der Waals surface area contributed by atoms with Gasteiger partial charge in [0.2, 0.25) is 0 Å². The van der Waals surface area contributed by atoms with Crippen LogP contribution in [0.3, 0.4) is 0 Å². The van der Waals surface area contributed by atoms with E-state index < -0.39 is 11.7 Å². The third kappa shape index (κ3) is 7.72. The maximum Gasteiger partial charge on any atom is 0.407 e. The van der Waals surface area contributed by atoms with Crippen molar-refractivity contribution >= 4 is 17.8 Å². The third-order valence-corrected chi connectivity index (χ3v) is 3.44. The first-order valence-corrected chi connectivity index (χ1v) is 8.89. The molecule has 146 valence electrons. The van der Waals surface area contributed by atoms with Gasteiger partial charge in [-0.1, -0.05) is 13.8 Å². The molecule has 1 rings (SSSR count). The van der Waals surface area contributed by atoms with Crippen molar-refractivity contribution in [2.45, 2.75) is 52.7 Å². The fourth-order valence-electron chi connectivity index (χ4n) is 2.48. The van der Waals surface area contributed by atoms with E-state index in [2.05, 4.69) is 29.5 Å². The Balaban J connectivity index is 2.74. The molecule has 7 nitrogen and oxygen atoms in total. The number of hydrogen-bond donors (Lipinski definition) is 2. The zero-order valence-corrected chi connectivity index (χ0v) is 16.9. The summed E-state index contributed by atoms with van der Waals surface area (Å²) in [6.07, 6.45) is 1.90. The van der Waals surface area contributed by atoms with E-state index in [4.69, 9.17) is 4.74 Å². The van der Waals surface area contributed by atoms with Gasteiger partial charge >= 0.3 is 6.09 Å². The summed E-state index contributed by atoms with van der Waals surface area (Å²) in [6, 6.07) is 3.25. The number of nitrogens with zero attached hydrogens (tertiary/aromatic N) is 2. The lowest BCUT2D eigenvalue weighted by molar-refractivity contribution is 0.0496. The summed E-state index contributed by atoms with van der Waals surface area (Å²) in [4.78, 5) is 30.6. The number of alkyl carbamates (subject to hydrolysis) is 1. The second-order valence-corrected chi connectivity index (χ2v) is 7.95. The fourth-order valence-corrected chi connectivity index (χ4v) is 2.48. The molecule has 0 spiro atoms. The Hall–Kier alpha value is -2.31. The standard InChI is InChI=1S/C19H32N4O3/c1-13(2)11-14(22-18(25)26-19(3,4)5)12-21-17(24)15-9-8-10-20-16(15)23(6)7/h8-10,13-14H,11-12H2,1-7H3,(H,21,24)(H,22,25)/t14-/m0/s1. The molecule has 0 aromatic carbocycles. The molecule has 2 N–H and O–H groups in total. The lowest BCUT2D eigenvalue weighted by Gasteiger charge is -2.25. The van der Waals surface area contributed by atoms with Crippen LogP contribution in [0, 0.1) is 5.92 Å². The highest BCUT2D eigenvalue weighted by molar-refractivity contribution is 5.98. The second-order valence-electron chi connectivity index (χ2n) is 7.95. The molecule has 0 unspecified atom stereocenters. The van der Waals surface area contributed by atoms with Crippen molar-refractivity contribution in [2.24, 2.45) is 5.92 Å². The predicted molar refractivity (Wildman–Crippen MR) is 104 cm³/mol. The Morgan fingerprint density at radius 3 is 2.46 bits per heavy atom. The molecule has 0 aliphatic rings. The van der Waals surface area contributed by atoms with E-state index in [1.807, 2.05) is 34.9 Å². The molecule has 0 saturated heterocycles. The first-order valence-electron chi connectivity index (χ1n) is 8.89. The molecule has 1 atom stereocenters. The molecule has 0 bridgehead atoms. The molecule has 0 aliphatic carbocycles. The van der Waals surface area contributed by atoms with Crippen molar-refractivity contribution in [3.05, 3.63) is 23.9 Å². The van der Waals surface area contributed by atoms with Crippen LogP contribution < -0.4 is 15.5 Å². The van der Waals surface area contributed by atoms with Crippen LogP contribution in [-0.4, -0.2) is 49.3 Å². The van der Waals surface area contributed by atoms with Gasteiger partial charge < -0.3 is 20.3 Å². The molecule has 1 aromatic heterocycles. The van der Waals surface area contributed by atoms with Gasteiger partial charge in [0.25, 0.3) is 5.91 Å². The van der Waals surface area contributed by atoms with E-state index >= 15 is 0 Å². The molecule has 0 saturated carbocycles. The number of anilines is 1. The van der Waals surface area contributed by atoms with Gasteiger partial charge in [-0.25, -0.2) is 9.78 Å². The minimum Gasteiger partial charge on any atom is -0.444 e. The minimum absolute atomic E-state index is 0.215. The lowest BCUT2D eigenvalue weighted by atomic mass is 10.0. The predicted octanol–water partition coefficient (Wildman–Crippen LogP) is 2.82. The summed E-state index contributed by atoms with van der Waals surface area (Å²) in [5.74, 6) is 0.745. The van der Waals surface area contributed by atoms with E-state index in [0.717, 1.165) is 6.42 Å². The van der Waals surface area contributed by atoms with E-state index in [0.29, 0.717) is 23.8 Å². The van der Waals surface area contributed by atoms with Crippen LogP contribution in [0.5, 0.6) is 0 Å². The number of aromatic nitrogens is 1. The van der Waals surface area contributed by atoms with Crippen LogP contribution in [0.2, 0.25) is 0 Å². The lowest BCUT2D eigenvalue weighted by Crippen LogP contribution is -2.46. The van der Waals surface area contributed by atoms with Crippen molar-refractivity contribution in [3.8, 4) is 0 Å². The van der Waals surface area contributed by atoms with Crippen molar-refractivity contribution < 1.29 is 14.3 Å². The quantitative estimate of drug-likeness (QED) is 0.777. The van der Waals surface area contributed by atoms with Crippen LogP contribution in [0.4, 0.5) is 10.6 Å². The Labute approximate surface area is 156 Å². The zero-order valence-electron chi connectivity index (χ0n) is 16.9. The van der Waals surface area contributed by atoms with Crippen molar-refractivity contribution in [3.63, 3.8) is 0 Å². The van der Waals surface area contributed by atoms with Crippen LogP contribution >= 0.6 is 0 Å². The van der Waals surface area contributed by atoms with E-state index in [9.17, 15) is 9.59 Å². The average molecular weight is 364 g/mol. The van der Waals surface area contributed by atoms with Crippen molar-refractivity contribution in [2.75, 3.05) is 25.5 Å². The van der Waals surface area contributed by atoms with Gasteiger partial charge in [0.1, 0.15) is 11.4 Å². The fraction of sp³-hybridized carbons (Fsp3) is 0.632. The highest BCUT2D eigenvalue weighted by Gasteiger charge is 2.21. The van der Waals surface area contributed by atoms with Gasteiger partial charge in [-0.05, 0) is 45.2 Å². The summed E-state index contributed by atoms with van der Waals surface area (Å²) >= 11 is 0. The Morgan fingerprint density at radius 1 is 1.27 bits per heavy atom. The van der Waals surface area contributed by atoms with Gasteiger partial charge in [-0.2, -0.15) is 0 Å². The number of pyridine rings is 1. The van der Waals surface area contributed by atoms with Crippen molar-refractivity contribution in [1.82, 2.24) is 15.6 Å². The second kappa shape index (κ2) is 9.40. The van der Waals surface area contributed by atoms with Gasteiger partial charge in [0.15, 0.2) is 0 Å². The number of carbonyl (C=O) groups is 2. The third-order valence-electron chi connectivity index (χ3n) is 3.44. The molecular formula is C19H32N4O3. The monoisotopic (exact) mass is 364 g/mol. The Morgan fingerprint density at radius 2 is 1.92 bits per heavy atom. The van der Waals surface area contributed by atoms with Crippen LogP contribution in [0.15, 0.2) is 18.3 Å². The average Bonchev–Trinajstić information content (AvgIpc) is 2.49. The molecule has 1 aromatic rings. The summed E-state index contributed by atoms with van der Waals surface area (Å²) in [6.45, 7) is 9.90. The summed E-state index contributed by atoms with van der Waals surface area (Å²) < 4.78 is 5.31. The van der Waals surface area contributed by atoms with Gasteiger partial charge in [-0.3, -0.25) is 4.79 Å². The topological polar surface area (TPSA) is 83.6 Å². The highest BCUT2D eigenvalue weighted by Crippen LogP contribution is 2.14. The number of hydrogen-bond acceptors (Lipinski definition) is 5. The van der Waals surface area contributed by atoms with Gasteiger partial charge in [0, 0.05) is 32.9 Å². The Kier molecular flexibility index (Phi) is 7.86. The number of rotatable bonds is 7. The molecule has 0 radical (unpaired) electrons. The largest absolute Gasteiger partial charge is 0.444 e. The Bertz CT molecular complexity index is 609. The van der Waals surface area contributed by atoms with E-state index in [1.54, 1.807) is 23.2 Å². The molecule has 0 fully saturated rings. The number of carbonyl (C=O) groups excluding carboxylic acids is 2. The van der Waals surface area contributed by atoms with Gasteiger partial charge in [-0.15, -0.1) is 0 Å². The number of amides is 2. The van der Waals surface area contributed by atoms with Crippen LogP contribution in [0.25, 0.3) is 0 Å². The summed E-state index contributed by atoms with van der Waals surface area (Å²) in [5, 5.41) is 5.74. The van der Waals surface area contributed by atoms with Crippen LogP contribution in [-0.2, 0) is 4.74 Å². The smallest absolute Gasteiger partial charge is 0.407 e. The number of nitrogens with one attached hydrogen (secondary N) is 2. The highest BCUT2D eigenvalue weighted by atomic mass is 16.6. The van der Waals surface area contributed by atoms with Crippen molar-refractivity contribution in [1.29, 1.82) is 0 Å². The molecule has 7 heteroatoms. The minimum atomic E-state index is -0.563.